The highest BCUT2D eigenvalue weighted by Crippen LogP contribution is 2.34. The predicted octanol–water partition coefficient (Wildman–Crippen LogP) is 6.12. The molecule has 0 unspecified atom stereocenters. The van der Waals surface area contributed by atoms with E-state index < -0.39 is 11.6 Å². The van der Waals surface area contributed by atoms with Gasteiger partial charge in [0.1, 0.15) is 22.8 Å². The van der Waals surface area contributed by atoms with E-state index >= 15 is 0 Å². The topological polar surface area (TPSA) is 85.3 Å². The van der Waals surface area contributed by atoms with Crippen LogP contribution in [0.1, 0.15) is 57.8 Å². The van der Waals surface area contributed by atoms with Crippen LogP contribution in [0.5, 0.6) is 17.2 Å². The average Bonchev–Trinajstić information content (AvgIpc) is 3.49. The summed E-state index contributed by atoms with van der Waals surface area (Å²) in [5, 5.41) is 9.38. The zero-order chi connectivity index (χ0) is 23.5. The summed E-state index contributed by atoms with van der Waals surface area (Å²) in [5.41, 5.74) is 0.226. The second kappa shape index (κ2) is 9.51. The van der Waals surface area contributed by atoms with E-state index in [-0.39, 0.29) is 17.8 Å². The van der Waals surface area contributed by atoms with Crippen LogP contribution >= 0.6 is 0 Å². The van der Waals surface area contributed by atoms with Crippen LogP contribution in [-0.4, -0.2) is 35.4 Å². The lowest BCUT2D eigenvalue weighted by Gasteiger charge is -2.27. The van der Waals surface area contributed by atoms with Gasteiger partial charge in [0, 0.05) is 18.3 Å². The van der Waals surface area contributed by atoms with E-state index in [4.69, 9.17) is 14.2 Å². The second-order valence-corrected chi connectivity index (χ2v) is 9.30. The summed E-state index contributed by atoms with van der Waals surface area (Å²) in [7, 11) is 0. The van der Waals surface area contributed by atoms with E-state index in [0.29, 0.717) is 29.7 Å². The highest BCUT2D eigenvalue weighted by Gasteiger charge is 2.30. The Morgan fingerprint density at radius 1 is 1.03 bits per heavy atom. The van der Waals surface area contributed by atoms with Crippen molar-refractivity contribution >= 4 is 17.7 Å². The number of anilines is 1. The van der Waals surface area contributed by atoms with Gasteiger partial charge in [0.2, 0.25) is 0 Å². The molecule has 172 valence electrons. The molecular formula is C25H31NO6. The van der Waals surface area contributed by atoms with Crippen molar-refractivity contribution in [2.75, 3.05) is 11.4 Å². The highest BCUT2D eigenvalue weighted by molar-refractivity contribution is 5.89. The van der Waals surface area contributed by atoms with Crippen molar-refractivity contribution in [3.63, 3.8) is 0 Å². The minimum absolute atomic E-state index is 0.0790. The molecule has 2 aromatic rings. The zero-order valence-corrected chi connectivity index (χ0v) is 19.3. The number of hydrogen-bond acceptors (Lipinski definition) is 5. The van der Waals surface area contributed by atoms with Crippen LogP contribution in [0.15, 0.2) is 42.5 Å². The fourth-order valence-corrected chi connectivity index (χ4v) is 3.09. The van der Waals surface area contributed by atoms with Crippen molar-refractivity contribution in [1.29, 1.82) is 0 Å². The summed E-state index contributed by atoms with van der Waals surface area (Å²) in [5.74, 6) is 0.730. The average molecular weight is 442 g/mol. The van der Waals surface area contributed by atoms with Gasteiger partial charge in [-0.1, -0.05) is 0 Å². The molecule has 0 aromatic heterocycles. The molecule has 1 aliphatic rings. The van der Waals surface area contributed by atoms with Gasteiger partial charge in [-0.2, -0.15) is 0 Å². The summed E-state index contributed by atoms with van der Waals surface area (Å²) in [6.45, 7) is 9.89. The number of ether oxygens (including phenoxy) is 3. The zero-order valence-electron chi connectivity index (χ0n) is 19.3. The van der Waals surface area contributed by atoms with Gasteiger partial charge in [-0.25, -0.2) is 9.59 Å². The lowest BCUT2D eigenvalue weighted by Crippen LogP contribution is -2.38. The van der Waals surface area contributed by atoms with Crippen molar-refractivity contribution in [2.24, 2.45) is 5.92 Å². The number of carbonyl (C=O) groups excluding carboxylic acids is 1. The van der Waals surface area contributed by atoms with E-state index in [1.807, 2.05) is 34.6 Å². The molecule has 32 heavy (non-hydrogen) atoms. The molecule has 1 saturated carbocycles. The Bertz CT molecular complexity index is 957. The first-order chi connectivity index (χ1) is 15.0. The maximum absolute atomic E-state index is 12.7. The molecule has 2 aromatic carbocycles. The van der Waals surface area contributed by atoms with E-state index in [1.165, 1.54) is 12.1 Å². The van der Waals surface area contributed by atoms with Crippen molar-refractivity contribution in [2.45, 2.75) is 59.2 Å². The third kappa shape index (κ3) is 6.90. The maximum atomic E-state index is 12.7. The Hall–Kier alpha value is -3.22. The minimum Gasteiger partial charge on any atom is -0.491 e. The first-order valence-corrected chi connectivity index (χ1v) is 10.8. The number of rotatable bonds is 8. The van der Waals surface area contributed by atoms with Gasteiger partial charge >= 0.3 is 12.1 Å². The first-order valence-electron chi connectivity index (χ1n) is 10.8. The summed E-state index contributed by atoms with van der Waals surface area (Å²) in [6.07, 6.45) is 1.75. The van der Waals surface area contributed by atoms with Crippen molar-refractivity contribution < 1.29 is 28.9 Å². The maximum Gasteiger partial charge on any atom is 0.414 e. The normalized spacial score (nSPS) is 13.6. The lowest BCUT2D eigenvalue weighted by atomic mass is 10.2. The van der Waals surface area contributed by atoms with Crippen LogP contribution in [0.3, 0.4) is 0 Å². The van der Waals surface area contributed by atoms with Gasteiger partial charge in [0.15, 0.2) is 0 Å². The number of carboxylic acids is 1. The summed E-state index contributed by atoms with van der Waals surface area (Å²) >= 11 is 0. The molecule has 7 heteroatoms. The molecule has 0 bridgehead atoms. The van der Waals surface area contributed by atoms with Crippen molar-refractivity contribution in [3.8, 4) is 17.2 Å². The van der Waals surface area contributed by atoms with Gasteiger partial charge in [-0.15, -0.1) is 0 Å². The highest BCUT2D eigenvalue weighted by atomic mass is 16.6. The van der Waals surface area contributed by atoms with Crippen molar-refractivity contribution in [3.05, 3.63) is 48.0 Å². The summed E-state index contributed by atoms with van der Waals surface area (Å²) in [4.78, 5) is 25.8. The molecule has 1 fully saturated rings. The van der Waals surface area contributed by atoms with E-state index in [1.54, 1.807) is 35.2 Å². The number of amides is 1. The molecule has 1 N–H and O–H groups in total. The quantitative estimate of drug-likeness (QED) is 0.531. The molecule has 1 aliphatic carbocycles. The third-order valence-electron chi connectivity index (χ3n) is 4.63. The largest absolute Gasteiger partial charge is 0.491 e. The predicted molar refractivity (Wildman–Crippen MR) is 122 cm³/mol. The Labute approximate surface area is 188 Å². The molecule has 0 heterocycles. The molecule has 0 atom stereocenters. The van der Waals surface area contributed by atoms with Crippen LogP contribution < -0.4 is 14.4 Å². The van der Waals surface area contributed by atoms with E-state index in [9.17, 15) is 14.7 Å². The van der Waals surface area contributed by atoms with Gasteiger partial charge < -0.3 is 19.3 Å². The monoisotopic (exact) mass is 441 g/mol. The Balaban J connectivity index is 1.79. The smallest absolute Gasteiger partial charge is 0.414 e. The Kier molecular flexibility index (Phi) is 6.96. The number of hydrogen-bond donors (Lipinski definition) is 1. The molecule has 3 rings (SSSR count). The molecule has 7 nitrogen and oxygen atoms in total. The first kappa shape index (κ1) is 23.4. The van der Waals surface area contributed by atoms with Crippen LogP contribution in [0.4, 0.5) is 10.5 Å². The molecule has 0 spiro atoms. The Morgan fingerprint density at radius 3 is 2.19 bits per heavy atom. The standard InChI is InChI=1S/C25H31NO6/c1-16(2)30-21-12-18(23(27)28)13-22(14-21)31-20-10-8-19(9-11-20)26(15-17-6-7-17)24(29)32-25(3,4)5/h8-14,16-17H,6-7,15H2,1-5H3,(H,27,28). The van der Waals surface area contributed by atoms with E-state index in [2.05, 4.69) is 0 Å². The fourth-order valence-electron chi connectivity index (χ4n) is 3.09. The SMILES string of the molecule is CC(C)Oc1cc(Oc2ccc(N(CC3CC3)C(=O)OC(C)(C)C)cc2)cc(C(=O)O)c1. The molecule has 1 amide bonds. The van der Waals surface area contributed by atoms with E-state index in [0.717, 1.165) is 18.5 Å². The molecule has 0 radical (unpaired) electrons. The van der Waals surface area contributed by atoms with Crippen LogP contribution in [0, 0.1) is 5.92 Å². The van der Waals surface area contributed by atoms with Gasteiger partial charge in [0.25, 0.3) is 0 Å². The van der Waals surface area contributed by atoms with Crippen LogP contribution in [0.2, 0.25) is 0 Å². The van der Waals surface area contributed by atoms with Crippen molar-refractivity contribution in [1.82, 2.24) is 0 Å². The van der Waals surface area contributed by atoms with Gasteiger partial charge in [-0.05, 0) is 89.8 Å². The minimum atomic E-state index is -1.06. The summed E-state index contributed by atoms with van der Waals surface area (Å²) in [6, 6.07) is 11.7. The number of nitrogens with zero attached hydrogens (tertiary/aromatic N) is 1. The second-order valence-electron chi connectivity index (χ2n) is 9.30. The lowest BCUT2D eigenvalue weighted by molar-refractivity contribution is 0.0577. The molecule has 0 aliphatic heterocycles. The number of carbonyl (C=O) groups is 2. The Morgan fingerprint density at radius 2 is 1.66 bits per heavy atom. The molecular weight excluding hydrogens is 410 g/mol. The number of carboxylic acid groups (broad SMARTS) is 1. The van der Waals surface area contributed by atoms with Gasteiger partial charge in [0.05, 0.1) is 11.7 Å². The number of benzene rings is 2. The molecule has 0 saturated heterocycles. The van der Waals surface area contributed by atoms with Crippen LogP contribution in [0.25, 0.3) is 0 Å². The fraction of sp³-hybridized carbons (Fsp3) is 0.440. The number of aromatic carboxylic acids is 1. The summed E-state index contributed by atoms with van der Waals surface area (Å²) < 4.78 is 17.1. The van der Waals surface area contributed by atoms with Crippen LogP contribution in [-0.2, 0) is 4.74 Å². The third-order valence-corrected chi connectivity index (χ3v) is 4.63. The van der Waals surface area contributed by atoms with Gasteiger partial charge in [-0.3, -0.25) is 4.90 Å².